The molecule has 2 N–H and O–H groups in total. The molecule has 2 saturated heterocycles. The number of nitrogens with zero attached hydrogens (tertiary/aromatic N) is 2. The molecule has 3 atom stereocenters. The number of carboxylic acid groups (broad SMARTS) is 1. The molecule has 21 heavy (non-hydrogen) atoms. The molecule has 6 heteroatoms. The molecule has 2 heterocycles. The van der Waals surface area contributed by atoms with Gasteiger partial charge in [-0.2, -0.15) is 0 Å². The zero-order chi connectivity index (χ0) is 15.0. The predicted octanol–water partition coefficient (Wildman–Crippen LogP) is 0.975. The van der Waals surface area contributed by atoms with Crippen LogP contribution in [0.3, 0.4) is 0 Å². The molecular formula is C15H25N3O3. The largest absolute Gasteiger partial charge is 0.480 e. The van der Waals surface area contributed by atoms with Gasteiger partial charge in [0.2, 0.25) is 0 Å². The normalized spacial score (nSPS) is 33.0. The molecule has 3 fully saturated rings. The third-order valence-electron chi connectivity index (χ3n) is 5.55. The number of carboxylic acids is 1. The van der Waals surface area contributed by atoms with Crippen LogP contribution in [-0.2, 0) is 4.79 Å². The summed E-state index contributed by atoms with van der Waals surface area (Å²) in [4.78, 5) is 27.8. The fourth-order valence-corrected chi connectivity index (χ4v) is 4.37. The summed E-state index contributed by atoms with van der Waals surface area (Å²) in [5.74, 6) is -0.291. The SMILES string of the molecule is CN(C(=O)N1CC2CCCC2C1C(=O)O)C1CCNCC1. The second-order valence-electron chi connectivity index (χ2n) is 6.66. The highest BCUT2D eigenvalue weighted by Crippen LogP contribution is 2.42. The summed E-state index contributed by atoms with van der Waals surface area (Å²) < 4.78 is 0. The number of carbonyl (C=O) groups is 2. The van der Waals surface area contributed by atoms with Crippen molar-refractivity contribution in [2.45, 2.75) is 44.2 Å². The number of hydrogen-bond acceptors (Lipinski definition) is 3. The van der Waals surface area contributed by atoms with Crippen LogP contribution in [0.1, 0.15) is 32.1 Å². The van der Waals surface area contributed by atoms with Gasteiger partial charge in [-0.15, -0.1) is 0 Å². The van der Waals surface area contributed by atoms with Crippen LogP contribution in [0, 0.1) is 11.8 Å². The Morgan fingerprint density at radius 2 is 1.90 bits per heavy atom. The summed E-state index contributed by atoms with van der Waals surface area (Å²) in [5.41, 5.74) is 0. The van der Waals surface area contributed by atoms with E-state index in [1.807, 2.05) is 7.05 Å². The van der Waals surface area contributed by atoms with Crippen molar-refractivity contribution in [2.75, 3.05) is 26.7 Å². The maximum absolute atomic E-state index is 12.8. The molecule has 118 valence electrons. The molecule has 3 rings (SSSR count). The molecule has 1 saturated carbocycles. The van der Waals surface area contributed by atoms with Crippen LogP contribution in [0.15, 0.2) is 0 Å². The highest BCUT2D eigenvalue weighted by Gasteiger charge is 2.50. The van der Waals surface area contributed by atoms with Gasteiger partial charge in [-0.3, -0.25) is 0 Å². The van der Waals surface area contributed by atoms with E-state index in [0.717, 1.165) is 45.2 Å². The number of carbonyl (C=O) groups excluding carboxylic acids is 1. The molecule has 3 unspecified atom stereocenters. The minimum Gasteiger partial charge on any atom is -0.480 e. The molecule has 2 amide bonds. The van der Waals surface area contributed by atoms with E-state index in [9.17, 15) is 14.7 Å². The van der Waals surface area contributed by atoms with Gasteiger partial charge in [-0.05, 0) is 50.6 Å². The first kappa shape index (κ1) is 14.6. The second-order valence-corrected chi connectivity index (χ2v) is 6.66. The van der Waals surface area contributed by atoms with Crippen molar-refractivity contribution in [3.63, 3.8) is 0 Å². The van der Waals surface area contributed by atoms with E-state index >= 15 is 0 Å². The van der Waals surface area contributed by atoms with Gasteiger partial charge in [0.05, 0.1) is 0 Å². The molecule has 3 aliphatic rings. The quantitative estimate of drug-likeness (QED) is 0.796. The highest BCUT2D eigenvalue weighted by atomic mass is 16.4. The Bertz CT molecular complexity index is 422. The minimum atomic E-state index is -0.837. The van der Waals surface area contributed by atoms with Crippen LogP contribution < -0.4 is 5.32 Å². The smallest absolute Gasteiger partial charge is 0.326 e. The number of piperidine rings is 1. The summed E-state index contributed by atoms with van der Waals surface area (Å²) in [6.07, 6.45) is 5.00. The monoisotopic (exact) mass is 295 g/mol. The molecule has 0 bridgehead atoms. The van der Waals surface area contributed by atoms with Crippen molar-refractivity contribution in [1.29, 1.82) is 0 Å². The standard InChI is InChI=1S/C15H25N3O3/c1-17(11-5-7-16-8-6-11)15(21)18-9-10-3-2-4-12(10)13(18)14(19)20/h10-13,16H,2-9H2,1H3,(H,19,20). The Kier molecular flexibility index (Phi) is 4.06. The van der Waals surface area contributed by atoms with Crippen molar-refractivity contribution in [2.24, 2.45) is 11.8 Å². The number of urea groups is 1. The van der Waals surface area contributed by atoms with Crippen LogP contribution in [-0.4, -0.2) is 65.7 Å². The number of amides is 2. The predicted molar refractivity (Wildman–Crippen MR) is 78.0 cm³/mol. The summed E-state index contributed by atoms with van der Waals surface area (Å²) >= 11 is 0. The lowest BCUT2D eigenvalue weighted by Crippen LogP contribution is -2.53. The van der Waals surface area contributed by atoms with Crippen LogP contribution in [0.25, 0.3) is 0 Å². The first-order valence-corrected chi connectivity index (χ1v) is 8.06. The third-order valence-corrected chi connectivity index (χ3v) is 5.55. The van der Waals surface area contributed by atoms with E-state index in [-0.39, 0.29) is 18.0 Å². The summed E-state index contributed by atoms with van der Waals surface area (Å²) in [6.45, 7) is 2.47. The lowest BCUT2D eigenvalue weighted by Gasteiger charge is -2.36. The Morgan fingerprint density at radius 1 is 1.19 bits per heavy atom. The van der Waals surface area contributed by atoms with E-state index < -0.39 is 12.0 Å². The molecule has 0 aromatic carbocycles. The van der Waals surface area contributed by atoms with Gasteiger partial charge in [0.25, 0.3) is 0 Å². The minimum absolute atomic E-state index is 0.0938. The van der Waals surface area contributed by atoms with Crippen molar-refractivity contribution >= 4 is 12.0 Å². The number of rotatable bonds is 2. The van der Waals surface area contributed by atoms with Crippen molar-refractivity contribution in [3.8, 4) is 0 Å². The summed E-state index contributed by atoms with van der Waals surface area (Å²) in [5, 5.41) is 12.8. The van der Waals surface area contributed by atoms with E-state index in [0.29, 0.717) is 12.5 Å². The van der Waals surface area contributed by atoms with Gasteiger partial charge < -0.3 is 20.2 Å². The molecule has 2 aliphatic heterocycles. The first-order valence-electron chi connectivity index (χ1n) is 8.06. The average Bonchev–Trinajstić information content (AvgIpc) is 3.06. The Morgan fingerprint density at radius 3 is 2.57 bits per heavy atom. The first-order chi connectivity index (χ1) is 10.1. The number of hydrogen-bond donors (Lipinski definition) is 2. The average molecular weight is 295 g/mol. The zero-order valence-electron chi connectivity index (χ0n) is 12.6. The lowest BCUT2D eigenvalue weighted by molar-refractivity contribution is -0.142. The fourth-order valence-electron chi connectivity index (χ4n) is 4.37. The lowest BCUT2D eigenvalue weighted by atomic mass is 9.94. The van der Waals surface area contributed by atoms with E-state index in [2.05, 4.69) is 5.32 Å². The van der Waals surface area contributed by atoms with Gasteiger partial charge in [0.1, 0.15) is 6.04 Å². The topological polar surface area (TPSA) is 72.9 Å². The maximum Gasteiger partial charge on any atom is 0.326 e. The number of aliphatic carboxylic acids is 1. The van der Waals surface area contributed by atoms with Gasteiger partial charge in [-0.1, -0.05) is 6.42 Å². The molecule has 6 nitrogen and oxygen atoms in total. The van der Waals surface area contributed by atoms with Crippen molar-refractivity contribution in [1.82, 2.24) is 15.1 Å². The van der Waals surface area contributed by atoms with Crippen LogP contribution in [0.4, 0.5) is 4.79 Å². The maximum atomic E-state index is 12.8. The zero-order valence-corrected chi connectivity index (χ0v) is 12.6. The molecule has 0 radical (unpaired) electrons. The van der Waals surface area contributed by atoms with E-state index in [1.54, 1.807) is 9.80 Å². The van der Waals surface area contributed by atoms with Gasteiger partial charge in [0.15, 0.2) is 0 Å². The molecule has 0 aromatic heterocycles. The van der Waals surface area contributed by atoms with Gasteiger partial charge in [0, 0.05) is 19.6 Å². The highest BCUT2D eigenvalue weighted by molar-refractivity contribution is 5.84. The van der Waals surface area contributed by atoms with Crippen LogP contribution in [0.5, 0.6) is 0 Å². The van der Waals surface area contributed by atoms with Crippen LogP contribution in [0.2, 0.25) is 0 Å². The molecule has 1 aliphatic carbocycles. The number of nitrogens with one attached hydrogen (secondary N) is 1. The van der Waals surface area contributed by atoms with E-state index in [1.165, 1.54) is 0 Å². The van der Waals surface area contributed by atoms with Crippen molar-refractivity contribution < 1.29 is 14.7 Å². The van der Waals surface area contributed by atoms with Crippen molar-refractivity contribution in [3.05, 3.63) is 0 Å². The molecule has 0 spiro atoms. The Hall–Kier alpha value is -1.30. The van der Waals surface area contributed by atoms with Crippen LogP contribution >= 0.6 is 0 Å². The Balaban J connectivity index is 1.72. The Labute approximate surface area is 125 Å². The summed E-state index contributed by atoms with van der Waals surface area (Å²) in [6, 6.07) is -0.480. The fraction of sp³-hybridized carbons (Fsp3) is 0.867. The molecule has 0 aromatic rings. The molecular weight excluding hydrogens is 270 g/mol. The van der Waals surface area contributed by atoms with Gasteiger partial charge >= 0.3 is 12.0 Å². The number of fused-ring (bicyclic) bond motifs is 1. The second kappa shape index (κ2) is 5.83. The number of likely N-dealkylation sites (tertiary alicyclic amines) is 1. The van der Waals surface area contributed by atoms with E-state index in [4.69, 9.17) is 0 Å². The van der Waals surface area contributed by atoms with Gasteiger partial charge in [-0.25, -0.2) is 9.59 Å². The summed E-state index contributed by atoms with van der Waals surface area (Å²) in [7, 11) is 1.82. The third kappa shape index (κ3) is 2.61.